The van der Waals surface area contributed by atoms with E-state index in [1.54, 1.807) is 0 Å². The molecule has 0 amide bonds. The zero-order valence-corrected chi connectivity index (χ0v) is 17.9. The first-order chi connectivity index (χ1) is 16.4. The van der Waals surface area contributed by atoms with Crippen molar-refractivity contribution in [2.75, 3.05) is 13.7 Å². The minimum Gasteiger partial charge on any atom is -0.467 e. The maximum absolute atomic E-state index is 13.7. The minimum absolute atomic E-state index is 0.0193. The standard InChI is InChI=1S/C23H20F3N3O5/c1-31-22(30)18-9-17(21-19(33-18)11-32-23(34-21)12-5-3-2-4-6-12)29-10-16(27-28-29)13-7-14(24)20(26)15(25)8-13/h2-8,10,17-19,21,23H,9,11H2,1H3/t17-,18-,19-,21-,23?/m1/s1. The number of methoxy groups -OCH3 is 1. The van der Waals surface area contributed by atoms with Gasteiger partial charge < -0.3 is 18.9 Å². The van der Waals surface area contributed by atoms with Crippen molar-refractivity contribution >= 4 is 5.97 Å². The van der Waals surface area contributed by atoms with Crippen molar-refractivity contribution in [3.8, 4) is 11.3 Å². The number of benzene rings is 2. The first-order valence-electron chi connectivity index (χ1n) is 10.6. The lowest BCUT2D eigenvalue weighted by Gasteiger charge is -2.45. The summed E-state index contributed by atoms with van der Waals surface area (Å²) in [5.74, 6) is -4.79. The highest BCUT2D eigenvalue weighted by Gasteiger charge is 2.47. The van der Waals surface area contributed by atoms with Gasteiger partial charge in [0.25, 0.3) is 0 Å². The molecular formula is C23H20F3N3O5. The number of carbonyl (C=O) groups excluding carboxylic acids is 1. The smallest absolute Gasteiger partial charge is 0.335 e. The highest BCUT2D eigenvalue weighted by molar-refractivity contribution is 5.74. The van der Waals surface area contributed by atoms with Gasteiger partial charge >= 0.3 is 5.97 Å². The molecule has 3 aromatic rings. The van der Waals surface area contributed by atoms with Crippen LogP contribution in [0.2, 0.25) is 0 Å². The van der Waals surface area contributed by atoms with Crippen LogP contribution < -0.4 is 0 Å². The molecule has 178 valence electrons. The van der Waals surface area contributed by atoms with E-state index in [0.29, 0.717) is 0 Å². The molecule has 0 aliphatic carbocycles. The van der Waals surface area contributed by atoms with Crippen LogP contribution in [0.25, 0.3) is 11.3 Å². The van der Waals surface area contributed by atoms with Crippen molar-refractivity contribution in [1.29, 1.82) is 0 Å². The number of nitrogens with zero attached hydrogens (tertiary/aromatic N) is 3. The number of hydrogen-bond acceptors (Lipinski definition) is 7. The zero-order valence-electron chi connectivity index (χ0n) is 17.9. The fraction of sp³-hybridized carbons (Fsp3) is 0.348. The van der Waals surface area contributed by atoms with Gasteiger partial charge in [-0.3, -0.25) is 0 Å². The number of aromatic nitrogens is 3. The molecule has 8 nitrogen and oxygen atoms in total. The molecule has 2 aromatic carbocycles. The number of esters is 1. The molecule has 0 N–H and O–H groups in total. The lowest BCUT2D eigenvalue weighted by atomic mass is 9.94. The van der Waals surface area contributed by atoms with Crippen LogP contribution in [0.15, 0.2) is 48.7 Å². The number of rotatable bonds is 4. The molecule has 1 aromatic heterocycles. The number of ether oxygens (including phenoxy) is 4. The van der Waals surface area contributed by atoms with Crippen molar-refractivity contribution < 1.29 is 36.9 Å². The molecule has 5 rings (SSSR count). The van der Waals surface area contributed by atoms with E-state index in [4.69, 9.17) is 18.9 Å². The summed E-state index contributed by atoms with van der Waals surface area (Å²) in [6.07, 6.45) is -1.11. The highest BCUT2D eigenvalue weighted by Crippen LogP contribution is 2.39. The molecule has 0 saturated carbocycles. The third-order valence-corrected chi connectivity index (χ3v) is 5.90. The minimum atomic E-state index is -1.56. The second-order valence-electron chi connectivity index (χ2n) is 8.00. The van der Waals surface area contributed by atoms with Crippen LogP contribution in [-0.4, -0.2) is 53.0 Å². The normalized spacial score (nSPS) is 26.6. The van der Waals surface area contributed by atoms with Gasteiger partial charge in [-0.25, -0.2) is 22.6 Å². The average molecular weight is 475 g/mol. The van der Waals surface area contributed by atoms with Gasteiger partial charge in [-0.1, -0.05) is 35.5 Å². The predicted octanol–water partition coefficient (Wildman–Crippen LogP) is 3.35. The second kappa shape index (κ2) is 9.16. The largest absolute Gasteiger partial charge is 0.467 e. The number of fused-ring (bicyclic) bond motifs is 1. The SMILES string of the molecule is COC(=O)[C@H]1C[C@@H](n2cc(-c3cc(F)c(F)c(F)c3)nn2)[C@H]2OC(c3ccccc3)OC[C@H]2O1. The van der Waals surface area contributed by atoms with Crippen LogP contribution in [0, 0.1) is 17.5 Å². The molecular weight excluding hydrogens is 455 g/mol. The Balaban J connectivity index is 1.46. The van der Waals surface area contributed by atoms with E-state index in [1.165, 1.54) is 18.0 Å². The number of carbonyl (C=O) groups is 1. The van der Waals surface area contributed by atoms with Gasteiger partial charge in [-0.05, 0) is 12.1 Å². The van der Waals surface area contributed by atoms with Gasteiger partial charge in [0.05, 0.1) is 26.0 Å². The predicted molar refractivity (Wildman–Crippen MR) is 110 cm³/mol. The summed E-state index contributed by atoms with van der Waals surface area (Å²) in [4.78, 5) is 12.2. The molecule has 3 heterocycles. The van der Waals surface area contributed by atoms with Crippen molar-refractivity contribution in [1.82, 2.24) is 15.0 Å². The van der Waals surface area contributed by atoms with Gasteiger partial charge in [0.2, 0.25) is 0 Å². The molecule has 1 unspecified atom stereocenters. The topological polar surface area (TPSA) is 84.7 Å². The molecule has 2 aliphatic heterocycles. The summed E-state index contributed by atoms with van der Waals surface area (Å²) in [6.45, 7) is 0.157. The Morgan fingerprint density at radius 3 is 2.56 bits per heavy atom. The van der Waals surface area contributed by atoms with Crippen LogP contribution >= 0.6 is 0 Å². The number of halogens is 3. The zero-order chi connectivity index (χ0) is 23.8. The van der Waals surface area contributed by atoms with Crippen LogP contribution in [0.5, 0.6) is 0 Å². The second-order valence-corrected chi connectivity index (χ2v) is 8.00. The summed E-state index contributed by atoms with van der Waals surface area (Å²) < 4.78 is 65.0. The average Bonchev–Trinajstić information content (AvgIpc) is 3.36. The maximum atomic E-state index is 13.7. The summed E-state index contributed by atoms with van der Waals surface area (Å²) >= 11 is 0. The van der Waals surface area contributed by atoms with Crippen molar-refractivity contribution in [3.05, 3.63) is 71.7 Å². The van der Waals surface area contributed by atoms with E-state index in [9.17, 15) is 18.0 Å². The summed E-state index contributed by atoms with van der Waals surface area (Å²) in [6, 6.07) is 10.5. The molecule has 11 heteroatoms. The Morgan fingerprint density at radius 1 is 1.12 bits per heavy atom. The van der Waals surface area contributed by atoms with Crippen LogP contribution in [-0.2, 0) is 23.7 Å². The van der Waals surface area contributed by atoms with Crippen LogP contribution in [0.3, 0.4) is 0 Å². The quantitative estimate of drug-likeness (QED) is 0.423. The Bertz CT molecular complexity index is 1170. The van der Waals surface area contributed by atoms with E-state index in [0.717, 1.165) is 17.7 Å². The van der Waals surface area contributed by atoms with Gasteiger partial charge in [0, 0.05) is 17.5 Å². The van der Waals surface area contributed by atoms with Crippen molar-refractivity contribution in [3.63, 3.8) is 0 Å². The Hall–Kier alpha value is -3.28. The van der Waals surface area contributed by atoms with Crippen molar-refractivity contribution in [2.45, 2.75) is 37.1 Å². The third-order valence-electron chi connectivity index (χ3n) is 5.90. The molecule has 2 saturated heterocycles. The molecule has 34 heavy (non-hydrogen) atoms. The highest BCUT2D eigenvalue weighted by atomic mass is 19.2. The Labute approximate surface area is 192 Å². The molecule has 2 fully saturated rings. The van der Waals surface area contributed by atoms with Gasteiger partial charge in [-0.2, -0.15) is 0 Å². The third kappa shape index (κ3) is 4.17. The first-order valence-corrected chi connectivity index (χ1v) is 10.6. The molecule has 0 bridgehead atoms. The maximum Gasteiger partial charge on any atom is 0.335 e. The van der Waals surface area contributed by atoms with Crippen LogP contribution in [0.4, 0.5) is 13.2 Å². The van der Waals surface area contributed by atoms with Gasteiger partial charge in [0.15, 0.2) is 29.8 Å². The summed E-state index contributed by atoms with van der Waals surface area (Å²) in [7, 11) is 1.26. The van der Waals surface area contributed by atoms with E-state index < -0.39 is 54.1 Å². The van der Waals surface area contributed by atoms with E-state index in [1.807, 2.05) is 30.3 Å². The Morgan fingerprint density at radius 2 is 1.85 bits per heavy atom. The van der Waals surface area contributed by atoms with E-state index in [-0.39, 0.29) is 24.3 Å². The molecule has 5 atom stereocenters. The Kier molecular flexibility index (Phi) is 6.07. The molecule has 2 aliphatic rings. The van der Waals surface area contributed by atoms with Crippen molar-refractivity contribution in [2.24, 2.45) is 0 Å². The molecule has 0 radical (unpaired) electrons. The summed E-state index contributed by atoms with van der Waals surface area (Å²) in [5, 5.41) is 8.10. The molecule has 0 spiro atoms. The van der Waals surface area contributed by atoms with Crippen LogP contribution in [0.1, 0.15) is 24.3 Å². The van der Waals surface area contributed by atoms with E-state index in [2.05, 4.69) is 10.3 Å². The number of hydrogen-bond donors (Lipinski definition) is 0. The van der Waals surface area contributed by atoms with E-state index >= 15 is 0 Å². The van der Waals surface area contributed by atoms with Gasteiger partial charge in [-0.15, -0.1) is 5.10 Å². The fourth-order valence-electron chi connectivity index (χ4n) is 4.22. The van der Waals surface area contributed by atoms with Gasteiger partial charge in [0.1, 0.15) is 17.9 Å². The monoisotopic (exact) mass is 475 g/mol. The first kappa shape index (κ1) is 22.5. The fourth-order valence-corrected chi connectivity index (χ4v) is 4.22. The lowest BCUT2D eigenvalue weighted by Crippen LogP contribution is -2.54. The summed E-state index contributed by atoms with van der Waals surface area (Å²) in [5.41, 5.74) is 0.958. The lowest BCUT2D eigenvalue weighted by molar-refractivity contribution is -0.298.